The predicted octanol–water partition coefficient (Wildman–Crippen LogP) is 1.42. The average Bonchev–Trinajstić information content (AvgIpc) is 2.36. The summed E-state index contributed by atoms with van der Waals surface area (Å²) in [7, 11) is -2.86. The van der Waals surface area contributed by atoms with E-state index < -0.39 is 9.84 Å². The summed E-state index contributed by atoms with van der Waals surface area (Å²) in [5, 5.41) is 3.33. The van der Waals surface area contributed by atoms with Crippen molar-refractivity contribution in [2.75, 3.05) is 29.5 Å². The Morgan fingerprint density at radius 2 is 2.11 bits per heavy atom. The van der Waals surface area contributed by atoms with Crippen LogP contribution in [0.2, 0.25) is 0 Å². The van der Waals surface area contributed by atoms with Crippen molar-refractivity contribution >= 4 is 15.5 Å². The van der Waals surface area contributed by atoms with E-state index in [0.717, 1.165) is 18.8 Å². The molecule has 5 heteroatoms. The van der Waals surface area contributed by atoms with Gasteiger partial charge in [0.1, 0.15) is 0 Å². The molecule has 1 unspecified atom stereocenters. The second-order valence-electron chi connectivity index (χ2n) is 5.07. The van der Waals surface area contributed by atoms with E-state index in [9.17, 15) is 8.42 Å². The van der Waals surface area contributed by atoms with Gasteiger partial charge in [-0.2, -0.15) is 0 Å². The number of hydrogen-bond donors (Lipinski definition) is 1. The normalized spacial score (nSPS) is 22.4. The molecule has 1 atom stereocenters. The van der Waals surface area contributed by atoms with Gasteiger partial charge >= 0.3 is 0 Å². The Labute approximate surface area is 115 Å². The van der Waals surface area contributed by atoms with Crippen molar-refractivity contribution in [3.63, 3.8) is 0 Å². The molecule has 1 aromatic rings. The van der Waals surface area contributed by atoms with Crippen LogP contribution in [0.3, 0.4) is 0 Å². The molecule has 1 N–H and O–H groups in total. The first-order valence-corrected chi connectivity index (χ1v) is 8.61. The second-order valence-corrected chi connectivity index (χ2v) is 7.29. The first-order chi connectivity index (χ1) is 9.03. The van der Waals surface area contributed by atoms with E-state index in [0.29, 0.717) is 6.54 Å². The van der Waals surface area contributed by atoms with Crippen molar-refractivity contribution in [2.24, 2.45) is 0 Å². The number of nitrogens with one attached hydrogen (secondary N) is 1. The van der Waals surface area contributed by atoms with Gasteiger partial charge in [-0.15, -0.1) is 0 Å². The molecule has 19 heavy (non-hydrogen) atoms. The molecule has 0 radical (unpaired) electrons. The van der Waals surface area contributed by atoms with E-state index in [4.69, 9.17) is 0 Å². The van der Waals surface area contributed by atoms with Gasteiger partial charge in [0.15, 0.2) is 9.84 Å². The van der Waals surface area contributed by atoms with Crippen LogP contribution in [0, 0.1) is 0 Å². The smallest absolute Gasteiger partial charge is 0.154 e. The standard InChI is InChI=1S/C14H22N2O2S/c1-3-15-10-13-6-4-5-7-14(13)16-8-9-19(17,18)11-12(16)2/h4-7,12,15H,3,8-11H2,1-2H3. The molecule has 0 spiro atoms. The molecule has 0 aromatic heterocycles. The molecule has 1 aliphatic rings. The van der Waals surface area contributed by atoms with Gasteiger partial charge in [0.25, 0.3) is 0 Å². The summed E-state index contributed by atoms with van der Waals surface area (Å²) < 4.78 is 23.3. The number of anilines is 1. The quantitative estimate of drug-likeness (QED) is 0.907. The molecule has 0 aliphatic carbocycles. The van der Waals surface area contributed by atoms with E-state index in [2.05, 4.69) is 29.3 Å². The molecular weight excluding hydrogens is 260 g/mol. The van der Waals surface area contributed by atoms with Crippen LogP contribution in [0.4, 0.5) is 5.69 Å². The fourth-order valence-corrected chi connectivity index (χ4v) is 4.11. The highest BCUT2D eigenvalue weighted by molar-refractivity contribution is 7.91. The van der Waals surface area contributed by atoms with Gasteiger partial charge in [-0.05, 0) is 25.1 Å². The molecule has 2 rings (SSSR count). The van der Waals surface area contributed by atoms with Crippen LogP contribution < -0.4 is 10.2 Å². The van der Waals surface area contributed by atoms with Crippen LogP contribution in [-0.2, 0) is 16.4 Å². The van der Waals surface area contributed by atoms with E-state index in [1.165, 1.54) is 5.56 Å². The highest BCUT2D eigenvalue weighted by atomic mass is 32.2. The van der Waals surface area contributed by atoms with Gasteiger partial charge in [-0.1, -0.05) is 25.1 Å². The zero-order chi connectivity index (χ0) is 13.9. The minimum absolute atomic E-state index is 0.0431. The number of sulfone groups is 1. The van der Waals surface area contributed by atoms with E-state index in [-0.39, 0.29) is 17.5 Å². The van der Waals surface area contributed by atoms with Crippen LogP contribution in [-0.4, -0.2) is 39.1 Å². The number of nitrogens with zero attached hydrogens (tertiary/aromatic N) is 1. The SMILES string of the molecule is CCNCc1ccccc1N1CCS(=O)(=O)CC1C. The fraction of sp³-hybridized carbons (Fsp3) is 0.571. The number of benzene rings is 1. The van der Waals surface area contributed by atoms with Crippen molar-refractivity contribution in [1.29, 1.82) is 0 Å². The number of para-hydroxylation sites is 1. The lowest BCUT2D eigenvalue weighted by Crippen LogP contribution is -2.47. The maximum atomic E-state index is 11.7. The first-order valence-electron chi connectivity index (χ1n) is 6.79. The Morgan fingerprint density at radius 3 is 2.79 bits per heavy atom. The summed E-state index contributed by atoms with van der Waals surface area (Å²) in [6.07, 6.45) is 0. The monoisotopic (exact) mass is 282 g/mol. The predicted molar refractivity (Wildman–Crippen MR) is 79.3 cm³/mol. The number of rotatable bonds is 4. The highest BCUT2D eigenvalue weighted by Crippen LogP contribution is 2.25. The van der Waals surface area contributed by atoms with E-state index >= 15 is 0 Å². The number of hydrogen-bond acceptors (Lipinski definition) is 4. The Balaban J connectivity index is 2.22. The molecule has 0 bridgehead atoms. The van der Waals surface area contributed by atoms with Crippen LogP contribution in [0.1, 0.15) is 19.4 Å². The third kappa shape index (κ3) is 3.48. The highest BCUT2D eigenvalue weighted by Gasteiger charge is 2.29. The summed E-state index contributed by atoms with van der Waals surface area (Å²) in [5.41, 5.74) is 2.39. The summed E-state index contributed by atoms with van der Waals surface area (Å²) in [6, 6.07) is 8.28. The second kappa shape index (κ2) is 5.92. The third-order valence-corrected chi connectivity index (χ3v) is 5.33. The molecule has 1 aliphatic heterocycles. The molecule has 1 aromatic carbocycles. The molecular formula is C14H22N2O2S. The van der Waals surface area contributed by atoms with Gasteiger partial charge in [0.05, 0.1) is 11.5 Å². The Kier molecular flexibility index (Phi) is 4.47. The van der Waals surface area contributed by atoms with Gasteiger partial charge in [0.2, 0.25) is 0 Å². The summed E-state index contributed by atoms with van der Waals surface area (Å²) in [6.45, 7) is 6.41. The largest absolute Gasteiger partial charge is 0.367 e. The molecule has 1 heterocycles. The van der Waals surface area contributed by atoms with E-state index in [1.54, 1.807) is 0 Å². The van der Waals surface area contributed by atoms with Crippen molar-refractivity contribution < 1.29 is 8.42 Å². The summed E-state index contributed by atoms with van der Waals surface area (Å²) in [5.74, 6) is 0.509. The van der Waals surface area contributed by atoms with Gasteiger partial charge in [0, 0.05) is 24.8 Å². The maximum Gasteiger partial charge on any atom is 0.154 e. The van der Waals surface area contributed by atoms with Crippen molar-refractivity contribution in [3.8, 4) is 0 Å². The zero-order valence-corrected chi connectivity index (χ0v) is 12.4. The van der Waals surface area contributed by atoms with Gasteiger partial charge in [-0.3, -0.25) is 0 Å². The van der Waals surface area contributed by atoms with Crippen molar-refractivity contribution in [3.05, 3.63) is 29.8 Å². The summed E-state index contributed by atoms with van der Waals surface area (Å²) in [4.78, 5) is 2.22. The van der Waals surface area contributed by atoms with Gasteiger partial charge in [-0.25, -0.2) is 8.42 Å². The molecule has 1 saturated heterocycles. The molecule has 1 fully saturated rings. The Morgan fingerprint density at radius 1 is 1.37 bits per heavy atom. The topological polar surface area (TPSA) is 49.4 Å². The lowest BCUT2D eigenvalue weighted by molar-refractivity contribution is 0.567. The lowest BCUT2D eigenvalue weighted by atomic mass is 10.1. The lowest BCUT2D eigenvalue weighted by Gasteiger charge is -2.36. The molecule has 0 amide bonds. The molecule has 4 nitrogen and oxygen atoms in total. The zero-order valence-electron chi connectivity index (χ0n) is 11.6. The van der Waals surface area contributed by atoms with Crippen LogP contribution in [0.25, 0.3) is 0 Å². The fourth-order valence-electron chi connectivity index (χ4n) is 2.56. The first kappa shape index (κ1) is 14.3. The van der Waals surface area contributed by atoms with Crippen LogP contribution in [0.5, 0.6) is 0 Å². The molecule has 0 saturated carbocycles. The van der Waals surface area contributed by atoms with Gasteiger partial charge < -0.3 is 10.2 Å². The summed E-state index contributed by atoms with van der Waals surface area (Å²) >= 11 is 0. The van der Waals surface area contributed by atoms with Crippen LogP contribution in [0.15, 0.2) is 24.3 Å². The Bertz CT molecular complexity index is 528. The van der Waals surface area contributed by atoms with E-state index in [1.807, 2.05) is 19.1 Å². The molecule has 106 valence electrons. The third-order valence-electron chi connectivity index (χ3n) is 3.54. The Hall–Kier alpha value is -1.07. The minimum atomic E-state index is -2.86. The van der Waals surface area contributed by atoms with Crippen molar-refractivity contribution in [1.82, 2.24) is 5.32 Å². The van der Waals surface area contributed by atoms with Crippen molar-refractivity contribution in [2.45, 2.75) is 26.4 Å². The van der Waals surface area contributed by atoms with Crippen LogP contribution >= 0.6 is 0 Å². The average molecular weight is 282 g/mol. The minimum Gasteiger partial charge on any atom is -0.367 e. The maximum absolute atomic E-state index is 11.7.